The van der Waals surface area contributed by atoms with Crippen molar-refractivity contribution in [2.45, 2.75) is 32.7 Å². The van der Waals surface area contributed by atoms with Crippen LogP contribution in [0, 0.1) is 5.41 Å². The first-order chi connectivity index (χ1) is 8.32. The van der Waals surface area contributed by atoms with Crippen molar-refractivity contribution in [1.82, 2.24) is 10.6 Å². The molecule has 0 aromatic carbocycles. The van der Waals surface area contributed by atoms with Crippen molar-refractivity contribution in [2.24, 2.45) is 5.73 Å². The molecule has 0 spiro atoms. The van der Waals surface area contributed by atoms with E-state index in [1.54, 1.807) is 0 Å². The first-order valence-corrected chi connectivity index (χ1v) is 5.40. The summed E-state index contributed by atoms with van der Waals surface area (Å²) in [5.41, 5.74) is 5.08. The van der Waals surface area contributed by atoms with Gasteiger partial charge in [-0.2, -0.15) is 0 Å². The average Bonchev–Trinajstić information content (AvgIpc) is 2.20. The topological polar surface area (TPSA) is 134 Å². The number of nitrogens with one attached hydrogen (secondary N) is 3. The Labute approximate surface area is 105 Å². The Bertz CT molecular complexity index is 343. The zero-order chi connectivity index (χ0) is 14.1. The van der Waals surface area contributed by atoms with Gasteiger partial charge in [-0.1, -0.05) is 0 Å². The number of nitrogens with two attached hydrogens (primary N) is 1. The lowest BCUT2D eigenvalue weighted by Gasteiger charge is -2.15. The van der Waals surface area contributed by atoms with E-state index in [1.165, 1.54) is 6.92 Å². The second-order valence-electron chi connectivity index (χ2n) is 3.65. The molecule has 1 amide bonds. The van der Waals surface area contributed by atoms with Gasteiger partial charge in [0.25, 0.3) is 0 Å². The minimum absolute atomic E-state index is 0.169. The Kier molecular flexibility index (Phi) is 7.10. The SMILES string of the molecule is CC(=O)N[C@@H](CCCNC(=N)N)C(=O)OC(C)=O. The molecule has 0 fully saturated rings. The van der Waals surface area contributed by atoms with Gasteiger partial charge in [-0.05, 0) is 12.8 Å². The van der Waals surface area contributed by atoms with Gasteiger partial charge in [0.05, 0.1) is 0 Å². The van der Waals surface area contributed by atoms with Gasteiger partial charge in [-0.3, -0.25) is 15.0 Å². The Morgan fingerprint density at radius 1 is 1.33 bits per heavy atom. The van der Waals surface area contributed by atoms with Crippen LogP contribution in [0.5, 0.6) is 0 Å². The van der Waals surface area contributed by atoms with E-state index in [0.29, 0.717) is 13.0 Å². The third-order valence-corrected chi connectivity index (χ3v) is 1.89. The smallest absolute Gasteiger partial charge is 0.336 e. The van der Waals surface area contributed by atoms with Crippen molar-refractivity contribution in [3.63, 3.8) is 0 Å². The Morgan fingerprint density at radius 3 is 2.39 bits per heavy atom. The number of ether oxygens (including phenoxy) is 1. The highest BCUT2D eigenvalue weighted by molar-refractivity contribution is 5.90. The van der Waals surface area contributed by atoms with Crippen molar-refractivity contribution in [3.05, 3.63) is 0 Å². The van der Waals surface area contributed by atoms with E-state index < -0.39 is 18.0 Å². The van der Waals surface area contributed by atoms with E-state index in [-0.39, 0.29) is 18.3 Å². The highest BCUT2D eigenvalue weighted by Gasteiger charge is 2.21. The molecule has 0 saturated carbocycles. The lowest BCUT2D eigenvalue weighted by Crippen LogP contribution is -2.42. The predicted molar refractivity (Wildman–Crippen MR) is 63.5 cm³/mol. The molecule has 1 atom stereocenters. The first kappa shape index (κ1) is 15.9. The van der Waals surface area contributed by atoms with Crippen LogP contribution < -0.4 is 16.4 Å². The first-order valence-electron chi connectivity index (χ1n) is 5.40. The van der Waals surface area contributed by atoms with E-state index in [0.717, 1.165) is 6.92 Å². The standard InChI is InChI=1S/C10H18N4O4/c1-6(15)14-8(9(17)18-7(2)16)4-3-5-13-10(11)12/h8H,3-5H2,1-2H3,(H,14,15)(H4,11,12,13)/t8-/m0/s1. The van der Waals surface area contributed by atoms with Crippen LogP contribution in [-0.2, 0) is 19.1 Å². The second-order valence-corrected chi connectivity index (χ2v) is 3.65. The van der Waals surface area contributed by atoms with E-state index in [2.05, 4.69) is 15.4 Å². The van der Waals surface area contributed by atoms with Gasteiger partial charge in [0.2, 0.25) is 5.91 Å². The van der Waals surface area contributed by atoms with Gasteiger partial charge >= 0.3 is 11.9 Å². The fourth-order valence-corrected chi connectivity index (χ4v) is 1.24. The monoisotopic (exact) mass is 258 g/mol. The van der Waals surface area contributed by atoms with Crippen molar-refractivity contribution in [2.75, 3.05) is 6.54 Å². The number of carbonyl (C=O) groups is 3. The van der Waals surface area contributed by atoms with Gasteiger partial charge in [0.1, 0.15) is 6.04 Å². The van der Waals surface area contributed by atoms with Crippen LogP contribution in [0.15, 0.2) is 0 Å². The third kappa shape index (κ3) is 8.08. The minimum Gasteiger partial charge on any atom is -0.392 e. The van der Waals surface area contributed by atoms with E-state index in [4.69, 9.17) is 11.1 Å². The molecule has 0 bridgehead atoms. The maximum absolute atomic E-state index is 11.5. The molecule has 8 heteroatoms. The van der Waals surface area contributed by atoms with Crippen LogP contribution in [0.3, 0.4) is 0 Å². The van der Waals surface area contributed by atoms with E-state index in [9.17, 15) is 14.4 Å². The second kappa shape index (κ2) is 8.04. The molecule has 0 radical (unpaired) electrons. The summed E-state index contributed by atoms with van der Waals surface area (Å²) < 4.78 is 4.41. The van der Waals surface area contributed by atoms with E-state index >= 15 is 0 Å². The van der Waals surface area contributed by atoms with Gasteiger partial charge in [-0.25, -0.2) is 4.79 Å². The number of rotatable bonds is 6. The summed E-state index contributed by atoms with van der Waals surface area (Å²) in [5.74, 6) is -2.07. The van der Waals surface area contributed by atoms with Crippen molar-refractivity contribution >= 4 is 23.8 Å². The number of guanidine groups is 1. The molecule has 0 aliphatic rings. The molecule has 18 heavy (non-hydrogen) atoms. The summed E-state index contributed by atoms with van der Waals surface area (Å²) in [4.78, 5) is 33.0. The van der Waals surface area contributed by atoms with Gasteiger partial charge in [0.15, 0.2) is 5.96 Å². The summed E-state index contributed by atoms with van der Waals surface area (Å²) in [6.07, 6.45) is 0.767. The number of amides is 1. The molecule has 0 rings (SSSR count). The van der Waals surface area contributed by atoms with Crippen LogP contribution >= 0.6 is 0 Å². The van der Waals surface area contributed by atoms with Crippen LogP contribution in [0.4, 0.5) is 0 Å². The molecule has 0 saturated heterocycles. The van der Waals surface area contributed by atoms with E-state index in [1.807, 2.05) is 0 Å². The van der Waals surface area contributed by atoms with Crippen LogP contribution in [-0.4, -0.2) is 36.4 Å². The maximum atomic E-state index is 11.5. The van der Waals surface area contributed by atoms with Gasteiger partial charge in [0, 0.05) is 20.4 Å². The molecule has 0 aromatic rings. The summed E-state index contributed by atoms with van der Waals surface area (Å²) in [6.45, 7) is 2.76. The zero-order valence-corrected chi connectivity index (χ0v) is 10.4. The lowest BCUT2D eigenvalue weighted by molar-refractivity contribution is -0.160. The molecule has 102 valence electrons. The molecule has 0 aromatic heterocycles. The molecule has 8 nitrogen and oxygen atoms in total. The third-order valence-electron chi connectivity index (χ3n) is 1.89. The maximum Gasteiger partial charge on any atom is 0.336 e. The van der Waals surface area contributed by atoms with Crippen LogP contribution in [0.25, 0.3) is 0 Å². The largest absolute Gasteiger partial charge is 0.392 e. The summed E-state index contributed by atoms with van der Waals surface area (Å²) in [7, 11) is 0. The Balaban J connectivity index is 4.22. The fourth-order valence-electron chi connectivity index (χ4n) is 1.24. The molecule has 0 heterocycles. The quantitative estimate of drug-likeness (QED) is 0.156. The molecule has 0 aliphatic carbocycles. The number of hydrogen-bond acceptors (Lipinski definition) is 5. The highest BCUT2D eigenvalue weighted by atomic mass is 16.6. The molecule has 5 N–H and O–H groups in total. The van der Waals surface area contributed by atoms with Crippen LogP contribution in [0.1, 0.15) is 26.7 Å². The molecule has 0 aliphatic heterocycles. The summed E-state index contributed by atoms with van der Waals surface area (Å²) in [5, 5.41) is 11.9. The summed E-state index contributed by atoms with van der Waals surface area (Å²) >= 11 is 0. The normalized spacial score (nSPS) is 11.2. The van der Waals surface area contributed by atoms with Crippen molar-refractivity contribution in [1.29, 1.82) is 5.41 Å². The minimum atomic E-state index is -0.875. The Morgan fingerprint density at radius 2 is 1.94 bits per heavy atom. The summed E-state index contributed by atoms with van der Waals surface area (Å²) in [6, 6.07) is -0.875. The number of carbonyl (C=O) groups excluding carboxylic acids is 3. The number of hydrogen-bond donors (Lipinski definition) is 4. The lowest BCUT2D eigenvalue weighted by atomic mass is 10.1. The molecule has 0 unspecified atom stereocenters. The van der Waals surface area contributed by atoms with Crippen molar-refractivity contribution in [3.8, 4) is 0 Å². The highest BCUT2D eigenvalue weighted by Crippen LogP contribution is 2.00. The van der Waals surface area contributed by atoms with Gasteiger partial charge in [-0.15, -0.1) is 0 Å². The van der Waals surface area contributed by atoms with Crippen LogP contribution in [0.2, 0.25) is 0 Å². The molecular weight excluding hydrogens is 240 g/mol. The van der Waals surface area contributed by atoms with Crippen molar-refractivity contribution < 1.29 is 19.1 Å². The van der Waals surface area contributed by atoms with Gasteiger partial charge < -0.3 is 21.1 Å². The zero-order valence-electron chi connectivity index (χ0n) is 10.4. The Hall–Kier alpha value is -2.12. The number of esters is 2. The molecular formula is C10H18N4O4. The fraction of sp³-hybridized carbons (Fsp3) is 0.600. The predicted octanol–water partition coefficient (Wildman–Crippen LogP) is -1.16. The average molecular weight is 258 g/mol.